The average molecular weight is 686 g/mol. The van der Waals surface area contributed by atoms with Crippen LogP contribution in [0.3, 0.4) is 0 Å². The van der Waals surface area contributed by atoms with Crippen LogP contribution in [0.1, 0.15) is 0 Å². The third-order valence-corrected chi connectivity index (χ3v) is 11.3. The predicted molar refractivity (Wildman–Crippen MR) is 209 cm³/mol. The van der Waals surface area contributed by atoms with Crippen molar-refractivity contribution in [2.24, 2.45) is 0 Å². The van der Waals surface area contributed by atoms with Crippen LogP contribution in [0, 0.1) is 0 Å². The van der Waals surface area contributed by atoms with Crippen LogP contribution in [0.5, 0.6) is 0 Å². The molecule has 0 bridgehead atoms. The minimum atomic E-state index is 0.871. The summed E-state index contributed by atoms with van der Waals surface area (Å²) >= 11 is 1.80. The maximum absolute atomic E-state index is 4.81. The van der Waals surface area contributed by atoms with E-state index in [-0.39, 0.29) is 0 Å². The predicted octanol–water partition coefficient (Wildman–Crippen LogP) is 9.72. The van der Waals surface area contributed by atoms with Crippen LogP contribution in [0.25, 0.3) is 103 Å². The van der Waals surface area contributed by atoms with Crippen molar-refractivity contribution in [3.63, 3.8) is 0 Å². The highest BCUT2D eigenvalue weighted by atomic mass is 32.1. The van der Waals surface area contributed by atoms with Crippen LogP contribution in [-0.4, -0.2) is 43.6 Å². The lowest BCUT2D eigenvalue weighted by atomic mass is 10.1. The van der Waals surface area contributed by atoms with E-state index in [0.29, 0.717) is 0 Å². The molecule has 0 amide bonds. The van der Waals surface area contributed by atoms with Gasteiger partial charge in [0.25, 0.3) is 0 Å². The number of benzene rings is 2. The van der Waals surface area contributed by atoms with E-state index < -0.39 is 0 Å². The summed E-state index contributed by atoms with van der Waals surface area (Å²) in [7, 11) is 0. The number of hydrogen-bond donors (Lipinski definition) is 0. The molecule has 0 aliphatic carbocycles. The molecule has 2 aromatic carbocycles. The molecule has 10 aromatic heterocycles. The van der Waals surface area contributed by atoms with Crippen LogP contribution in [0.4, 0.5) is 0 Å². The first-order valence-corrected chi connectivity index (χ1v) is 17.8. The molecule has 0 fully saturated rings. The van der Waals surface area contributed by atoms with Gasteiger partial charge in [-0.15, -0.1) is 11.3 Å². The Hall–Kier alpha value is -7.04. The Morgan fingerprint density at radius 3 is 1.19 bits per heavy atom. The third-order valence-electron chi connectivity index (χ3n) is 10.1. The van der Waals surface area contributed by atoms with Gasteiger partial charge < -0.3 is 13.7 Å². The Bertz CT molecular complexity index is 3280. The highest BCUT2D eigenvalue weighted by Crippen LogP contribution is 2.44. The maximum Gasteiger partial charge on any atom is 0.115 e. The van der Waals surface area contributed by atoms with Gasteiger partial charge in [-0.1, -0.05) is 0 Å². The summed E-state index contributed by atoms with van der Waals surface area (Å²) in [4.78, 5) is 28.6. The van der Waals surface area contributed by atoms with Gasteiger partial charge in [-0.25, -0.2) is 0 Å². The minimum Gasteiger partial charge on any atom is -0.306 e. The molecule has 242 valence electrons. The van der Waals surface area contributed by atoms with Crippen molar-refractivity contribution in [1.29, 1.82) is 0 Å². The first kappa shape index (κ1) is 27.7. The van der Waals surface area contributed by atoms with Crippen molar-refractivity contribution in [3.8, 4) is 17.1 Å². The smallest absolute Gasteiger partial charge is 0.115 e. The molecule has 0 N–H and O–H groups in total. The van der Waals surface area contributed by atoms with Gasteiger partial charge >= 0.3 is 0 Å². The lowest BCUT2D eigenvalue weighted by Crippen LogP contribution is -1.99. The highest BCUT2D eigenvalue weighted by molar-refractivity contribution is 7.26. The number of thiophene rings is 1. The second-order valence-electron chi connectivity index (χ2n) is 12.9. The van der Waals surface area contributed by atoms with Crippen molar-refractivity contribution < 1.29 is 0 Å². The van der Waals surface area contributed by atoms with Crippen LogP contribution >= 0.6 is 11.3 Å². The molecule has 9 nitrogen and oxygen atoms in total. The third kappa shape index (κ3) is 3.65. The summed E-state index contributed by atoms with van der Waals surface area (Å²) in [5.74, 6) is 0. The van der Waals surface area contributed by atoms with Gasteiger partial charge in [0.2, 0.25) is 0 Å². The first-order chi connectivity index (χ1) is 25.8. The SMILES string of the molecule is c1cnc2c3ncccc3n(-c3ccc4sc5c(-n6c7cccnc7c7ncccc76)cc(-n6c7cccnc7c7ncccc76)cc5c4c3)c2c1. The Kier molecular flexibility index (Phi) is 5.47. The molecule has 10 heterocycles. The monoisotopic (exact) mass is 685 g/mol. The fraction of sp³-hybridized carbons (Fsp3) is 0. The zero-order valence-corrected chi connectivity index (χ0v) is 28.0. The summed E-state index contributed by atoms with van der Waals surface area (Å²) in [5.41, 5.74) is 14.4. The van der Waals surface area contributed by atoms with Gasteiger partial charge in [0.15, 0.2) is 0 Å². The second kappa shape index (κ2) is 10.3. The summed E-state index contributed by atoms with van der Waals surface area (Å²) in [6.07, 6.45) is 11.0. The Morgan fingerprint density at radius 1 is 0.365 bits per heavy atom. The van der Waals surface area contributed by atoms with E-state index in [1.54, 1.807) is 11.3 Å². The summed E-state index contributed by atoms with van der Waals surface area (Å²) < 4.78 is 9.24. The molecule has 0 aliphatic rings. The fourth-order valence-electron chi connectivity index (χ4n) is 8.03. The number of rotatable bonds is 3. The van der Waals surface area contributed by atoms with E-state index in [4.69, 9.17) is 29.9 Å². The van der Waals surface area contributed by atoms with E-state index in [1.807, 2.05) is 73.6 Å². The molecule has 10 heteroatoms. The van der Waals surface area contributed by atoms with Gasteiger partial charge in [-0.2, -0.15) is 0 Å². The molecule has 0 saturated heterocycles. The first-order valence-electron chi connectivity index (χ1n) is 16.9. The summed E-state index contributed by atoms with van der Waals surface area (Å²) in [5, 5.41) is 2.31. The number of pyridine rings is 6. The fourth-order valence-corrected chi connectivity index (χ4v) is 9.20. The number of aromatic nitrogens is 9. The largest absolute Gasteiger partial charge is 0.306 e. The minimum absolute atomic E-state index is 0.871. The van der Waals surface area contributed by atoms with Gasteiger partial charge in [0.05, 0.1) is 43.5 Å². The molecule has 12 rings (SSSR count). The van der Waals surface area contributed by atoms with Gasteiger partial charge in [0.1, 0.15) is 33.1 Å². The maximum atomic E-state index is 4.81. The molecule has 0 aliphatic heterocycles. The number of nitrogens with zero attached hydrogens (tertiary/aromatic N) is 9. The van der Waals surface area contributed by atoms with Crippen molar-refractivity contribution >= 4 is 97.7 Å². The Morgan fingerprint density at radius 2 is 0.750 bits per heavy atom. The molecule has 0 spiro atoms. The normalized spacial score (nSPS) is 12.2. The van der Waals surface area contributed by atoms with E-state index in [2.05, 4.69) is 80.4 Å². The second-order valence-corrected chi connectivity index (χ2v) is 13.9. The quantitative estimate of drug-likeness (QED) is 0.184. The van der Waals surface area contributed by atoms with Gasteiger partial charge in [0, 0.05) is 64.0 Å². The van der Waals surface area contributed by atoms with E-state index >= 15 is 0 Å². The summed E-state index contributed by atoms with van der Waals surface area (Å²) in [6.45, 7) is 0. The number of fused-ring (bicyclic) bond motifs is 12. The average Bonchev–Trinajstić information content (AvgIpc) is 3.94. The standard InChI is InChI=1S/C42H23N9S/c1-7-28-36(43-15-1)37-29(8-2-16-44-37)49(28)24-13-14-35-26(21-24)27-22-25(50-30-9-3-17-45-38(30)39-31(50)10-4-18-46-39)23-34(42(27)52-35)51-32-11-5-19-47-40(32)41-33(51)12-6-20-48-41/h1-23H. The molecule has 0 atom stereocenters. The van der Waals surface area contributed by atoms with E-state index in [9.17, 15) is 0 Å². The van der Waals surface area contributed by atoms with E-state index in [1.165, 1.54) is 9.40 Å². The van der Waals surface area contributed by atoms with E-state index in [0.717, 1.165) is 94.0 Å². The molecular formula is C42H23N9S. The van der Waals surface area contributed by atoms with Crippen molar-refractivity contribution in [2.75, 3.05) is 0 Å². The number of hydrogen-bond acceptors (Lipinski definition) is 7. The zero-order valence-electron chi connectivity index (χ0n) is 27.2. The molecule has 0 saturated carbocycles. The summed E-state index contributed by atoms with van der Waals surface area (Å²) in [6, 6.07) is 36.0. The molecule has 0 unspecified atom stereocenters. The molecular weight excluding hydrogens is 663 g/mol. The van der Waals surface area contributed by atoms with Crippen molar-refractivity contribution in [2.45, 2.75) is 0 Å². The van der Waals surface area contributed by atoms with Gasteiger partial charge in [-0.05, 0) is 103 Å². The van der Waals surface area contributed by atoms with Crippen LogP contribution < -0.4 is 0 Å². The topological polar surface area (TPSA) is 92.1 Å². The molecule has 12 aromatic rings. The lowest BCUT2D eigenvalue weighted by Gasteiger charge is -2.14. The van der Waals surface area contributed by atoms with Gasteiger partial charge in [-0.3, -0.25) is 29.9 Å². The Labute approximate surface area is 297 Å². The highest BCUT2D eigenvalue weighted by Gasteiger charge is 2.22. The molecule has 0 radical (unpaired) electrons. The van der Waals surface area contributed by atoms with Crippen molar-refractivity contribution in [3.05, 3.63) is 140 Å². The lowest BCUT2D eigenvalue weighted by molar-refractivity contribution is 1.14. The van der Waals surface area contributed by atoms with Crippen LogP contribution in [-0.2, 0) is 0 Å². The van der Waals surface area contributed by atoms with Crippen LogP contribution in [0.15, 0.2) is 140 Å². The van der Waals surface area contributed by atoms with Crippen LogP contribution in [0.2, 0.25) is 0 Å². The molecule has 52 heavy (non-hydrogen) atoms. The zero-order chi connectivity index (χ0) is 33.9. The Balaban J connectivity index is 1.23. The van der Waals surface area contributed by atoms with Crippen molar-refractivity contribution in [1.82, 2.24) is 43.6 Å².